The van der Waals surface area contributed by atoms with Gasteiger partial charge in [-0.15, -0.1) is 0 Å². The molecular weight excluding hydrogens is 697 g/mol. The summed E-state index contributed by atoms with van der Waals surface area (Å²) in [5.74, 6) is 6.90. The van der Waals surface area contributed by atoms with Crippen LogP contribution in [0.15, 0.2) is 24.3 Å². The van der Waals surface area contributed by atoms with Gasteiger partial charge in [0.1, 0.15) is 0 Å². The van der Waals surface area contributed by atoms with E-state index >= 15 is 0 Å². The molecule has 0 nitrogen and oxygen atoms in total. The molecule has 58 heavy (non-hydrogen) atoms. The van der Waals surface area contributed by atoms with Crippen molar-refractivity contribution in [1.82, 2.24) is 0 Å². The standard InChI is InChI=1S/2C29H46/c2*1-7-22(20(2)3)12-11-21(4)28(5)19-17-25-24-14-13-23-10-8-9-18-29(23,6)27(24)16-15-26(25)28/h2*15-16,20-23H,7-14,17-19H2,1-6H3/t21-,22-,23+,28+,29+;21-,22-,23-,28+,29+/m11/s1. The van der Waals surface area contributed by atoms with Gasteiger partial charge >= 0.3 is 0 Å². The molecule has 10 atom stereocenters. The molecule has 0 bridgehead atoms. The van der Waals surface area contributed by atoms with Crippen LogP contribution in [0.25, 0.3) is 0 Å². The average Bonchev–Trinajstić information content (AvgIpc) is 3.75. The second-order valence-electron chi connectivity index (χ2n) is 23.6. The Morgan fingerprint density at radius 2 is 0.810 bits per heavy atom. The third kappa shape index (κ3) is 7.88. The van der Waals surface area contributed by atoms with Crippen LogP contribution >= 0.6 is 0 Å². The molecule has 2 aromatic carbocycles. The SMILES string of the molecule is CC[C@H](CC[C@@H](C)[C@]1(C)CCc2c1ccc1c2CC[C@@H]2CCCC[C@]12C)C(C)C.CC[C@H](CC[C@@H](C)[C@]1(C)CCc2c1ccc1c2CC[C@H]2CCCC[C@]12C)C(C)C. The Bertz CT molecular complexity index is 1580. The molecule has 324 valence electrons. The molecule has 8 rings (SSSR count). The molecule has 6 aliphatic carbocycles. The largest absolute Gasteiger partial charge is 0.0651 e. The molecule has 0 unspecified atom stereocenters. The van der Waals surface area contributed by atoms with Crippen LogP contribution in [-0.2, 0) is 47.3 Å². The Labute approximate surface area is 360 Å². The molecule has 2 fully saturated rings. The van der Waals surface area contributed by atoms with E-state index in [0.717, 1.165) is 47.3 Å². The summed E-state index contributed by atoms with van der Waals surface area (Å²) in [5.41, 5.74) is 15.9. The van der Waals surface area contributed by atoms with Gasteiger partial charge in [-0.3, -0.25) is 0 Å². The van der Waals surface area contributed by atoms with Crippen molar-refractivity contribution in [2.45, 2.75) is 246 Å². The number of hydrogen-bond donors (Lipinski definition) is 0. The molecule has 2 saturated carbocycles. The van der Waals surface area contributed by atoms with E-state index in [0.29, 0.717) is 21.7 Å². The molecule has 0 aromatic heterocycles. The molecule has 0 saturated heterocycles. The number of fused-ring (bicyclic) bond motifs is 10. The van der Waals surface area contributed by atoms with Crippen molar-refractivity contribution >= 4 is 0 Å². The predicted octanol–water partition coefficient (Wildman–Crippen LogP) is 16.8. The molecule has 0 amide bonds. The first-order valence-corrected chi connectivity index (χ1v) is 25.9. The Hall–Kier alpha value is -1.56. The van der Waals surface area contributed by atoms with Crippen molar-refractivity contribution in [3.05, 3.63) is 68.8 Å². The van der Waals surface area contributed by atoms with Gasteiger partial charge in [0.05, 0.1) is 0 Å². The zero-order chi connectivity index (χ0) is 41.6. The summed E-state index contributed by atoms with van der Waals surface area (Å²) in [6.45, 7) is 29.9. The minimum absolute atomic E-state index is 0.393. The fourth-order valence-corrected chi connectivity index (χ4v) is 15.4. The highest BCUT2D eigenvalue weighted by molar-refractivity contribution is 5.53. The van der Waals surface area contributed by atoms with Crippen molar-refractivity contribution in [2.75, 3.05) is 0 Å². The van der Waals surface area contributed by atoms with Crippen molar-refractivity contribution in [2.24, 2.45) is 47.3 Å². The molecule has 2 aromatic rings. The summed E-state index contributed by atoms with van der Waals surface area (Å²) in [4.78, 5) is 0. The van der Waals surface area contributed by atoms with E-state index in [1.54, 1.807) is 44.5 Å². The van der Waals surface area contributed by atoms with Crippen LogP contribution < -0.4 is 0 Å². The normalized spacial score (nSPS) is 33.1. The number of hydrogen-bond acceptors (Lipinski definition) is 0. The summed E-state index contributed by atoms with van der Waals surface area (Å²) in [6, 6.07) is 10.4. The summed E-state index contributed by atoms with van der Waals surface area (Å²) >= 11 is 0. The van der Waals surface area contributed by atoms with E-state index in [1.807, 2.05) is 0 Å². The van der Waals surface area contributed by atoms with Crippen LogP contribution in [0.4, 0.5) is 0 Å². The molecule has 0 aliphatic heterocycles. The lowest BCUT2D eigenvalue weighted by atomic mass is 9.57. The molecule has 0 heterocycles. The summed E-state index contributed by atoms with van der Waals surface area (Å²) in [7, 11) is 0. The van der Waals surface area contributed by atoms with E-state index < -0.39 is 0 Å². The third-order valence-corrected chi connectivity index (χ3v) is 20.4. The molecular formula is C58H92. The zero-order valence-electron chi connectivity index (χ0n) is 40.5. The van der Waals surface area contributed by atoms with Crippen molar-refractivity contribution < 1.29 is 0 Å². The minimum atomic E-state index is 0.393. The van der Waals surface area contributed by atoms with E-state index in [2.05, 4.69) is 107 Å². The van der Waals surface area contributed by atoms with Crippen LogP contribution in [0.2, 0.25) is 0 Å². The van der Waals surface area contributed by atoms with Gasteiger partial charge in [0.2, 0.25) is 0 Å². The Morgan fingerprint density at radius 3 is 1.17 bits per heavy atom. The highest BCUT2D eigenvalue weighted by Crippen LogP contribution is 2.56. The summed E-state index contributed by atoms with van der Waals surface area (Å²) in [6.07, 6.45) is 30.9. The summed E-state index contributed by atoms with van der Waals surface area (Å²) < 4.78 is 0. The first kappa shape index (κ1) is 44.5. The lowest BCUT2D eigenvalue weighted by molar-refractivity contribution is 0.177. The average molecular weight is 789 g/mol. The zero-order valence-corrected chi connectivity index (χ0v) is 40.5. The van der Waals surface area contributed by atoms with Crippen LogP contribution in [0, 0.1) is 47.3 Å². The minimum Gasteiger partial charge on any atom is -0.0651 e. The van der Waals surface area contributed by atoms with Crippen LogP contribution in [0.3, 0.4) is 0 Å². The van der Waals surface area contributed by atoms with Gasteiger partial charge in [-0.1, -0.05) is 146 Å². The van der Waals surface area contributed by atoms with Gasteiger partial charge in [0.25, 0.3) is 0 Å². The fraction of sp³-hybridized carbons (Fsp3) is 0.793. The summed E-state index contributed by atoms with van der Waals surface area (Å²) in [5, 5.41) is 0. The van der Waals surface area contributed by atoms with E-state index in [1.165, 1.54) is 141 Å². The van der Waals surface area contributed by atoms with Crippen LogP contribution in [0.5, 0.6) is 0 Å². The maximum atomic E-state index is 2.61. The number of rotatable bonds is 12. The van der Waals surface area contributed by atoms with Crippen LogP contribution in [-0.4, -0.2) is 0 Å². The lowest BCUT2D eigenvalue weighted by Crippen LogP contribution is -2.40. The predicted molar refractivity (Wildman–Crippen MR) is 254 cm³/mol. The highest BCUT2D eigenvalue weighted by atomic mass is 14.5. The quantitative estimate of drug-likeness (QED) is 0.201. The van der Waals surface area contributed by atoms with Gasteiger partial charge < -0.3 is 0 Å². The Morgan fingerprint density at radius 1 is 0.448 bits per heavy atom. The van der Waals surface area contributed by atoms with Crippen LogP contribution in [0.1, 0.15) is 243 Å². The lowest BCUT2D eigenvalue weighted by Gasteiger charge is -2.47. The van der Waals surface area contributed by atoms with Crippen molar-refractivity contribution in [3.63, 3.8) is 0 Å². The first-order chi connectivity index (χ1) is 27.6. The Kier molecular flexibility index (Phi) is 13.6. The Balaban J connectivity index is 0.000000177. The number of benzene rings is 2. The maximum Gasteiger partial charge on any atom is -0.00437 e. The topological polar surface area (TPSA) is 0 Å². The van der Waals surface area contributed by atoms with E-state index in [4.69, 9.17) is 0 Å². The van der Waals surface area contributed by atoms with Crippen molar-refractivity contribution in [1.29, 1.82) is 0 Å². The molecule has 0 spiro atoms. The van der Waals surface area contributed by atoms with Gasteiger partial charge in [-0.05, 0) is 216 Å². The van der Waals surface area contributed by atoms with E-state index in [-0.39, 0.29) is 0 Å². The van der Waals surface area contributed by atoms with Gasteiger partial charge in [-0.2, -0.15) is 0 Å². The smallest absolute Gasteiger partial charge is 0.00437 e. The third-order valence-electron chi connectivity index (χ3n) is 20.4. The molecule has 6 aliphatic rings. The fourth-order valence-electron chi connectivity index (χ4n) is 15.4. The second kappa shape index (κ2) is 17.7. The van der Waals surface area contributed by atoms with Gasteiger partial charge in [-0.25, -0.2) is 0 Å². The molecule has 0 heteroatoms. The van der Waals surface area contributed by atoms with Crippen molar-refractivity contribution in [3.8, 4) is 0 Å². The second-order valence-corrected chi connectivity index (χ2v) is 23.6. The van der Waals surface area contributed by atoms with E-state index in [9.17, 15) is 0 Å². The highest BCUT2D eigenvalue weighted by Gasteiger charge is 2.48. The maximum absolute atomic E-state index is 2.61. The first-order valence-electron chi connectivity index (χ1n) is 25.9. The van der Waals surface area contributed by atoms with Gasteiger partial charge in [0, 0.05) is 0 Å². The van der Waals surface area contributed by atoms with Gasteiger partial charge in [0.15, 0.2) is 0 Å². The molecule has 0 radical (unpaired) electrons. The monoisotopic (exact) mass is 789 g/mol. The molecule has 0 N–H and O–H groups in total.